The zero-order valence-corrected chi connectivity index (χ0v) is 13.4. The van der Waals surface area contributed by atoms with Gasteiger partial charge in [-0.1, -0.05) is 30.3 Å². The van der Waals surface area contributed by atoms with Crippen molar-refractivity contribution in [1.29, 1.82) is 0 Å². The first-order valence-electron chi connectivity index (χ1n) is 7.13. The number of nitrogens with one attached hydrogen (secondary N) is 2. The van der Waals surface area contributed by atoms with E-state index in [-0.39, 0.29) is 6.61 Å². The largest absolute Gasteiger partial charge is 0.493 e. The minimum atomic E-state index is -0.757. The molecule has 0 saturated heterocycles. The van der Waals surface area contributed by atoms with Crippen LogP contribution in [0.2, 0.25) is 0 Å². The second kappa shape index (κ2) is 8.42. The molecule has 0 aliphatic carbocycles. The molecule has 2 aromatic rings. The standard InChI is InChI=1S/C17H18N2O5/c1-22-14-9-8-13(10-15(14)23-2)16(20)18-19-17(21)24-11-12-6-4-3-5-7-12/h3-10H,11H2,1-2H3,(H,18,20)(H,19,21). The van der Waals surface area contributed by atoms with Crippen LogP contribution in [0, 0.1) is 0 Å². The summed E-state index contributed by atoms with van der Waals surface area (Å²) in [6.45, 7) is 0.110. The first-order chi connectivity index (χ1) is 11.6. The molecule has 2 rings (SSSR count). The van der Waals surface area contributed by atoms with Gasteiger partial charge in [-0.25, -0.2) is 10.2 Å². The molecule has 0 atom stereocenters. The van der Waals surface area contributed by atoms with Crippen LogP contribution in [-0.2, 0) is 11.3 Å². The number of hydrogen-bond donors (Lipinski definition) is 2. The topological polar surface area (TPSA) is 85.9 Å². The minimum absolute atomic E-state index is 0.110. The maximum Gasteiger partial charge on any atom is 0.426 e. The molecule has 126 valence electrons. The predicted octanol–water partition coefficient (Wildman–Crippen LogP) is 2.28. The summed E-state index contributed by atoms with van der Waals surface area (Å²) < 4.78 is 15.2. The monoisotopic (exact) mass is 330 g/mol. The fraction of sp³-hybridized carbons (Fsp3) is 0.176. The number of carbonyl (C=O) groups is 2. The molecule has 0 aliphatic rings. The third-order valence-corrected chi connectivity index (χ3v) is 3.14. The SMILES string of the molecule is COc1ccc(C(=O)NNC(=O)OCc2ccccc2)cc1OC. The summed E-state index contributed by atoms with van der Waals surface area (Å²) >= 11 is 0. The number of rotatable bonds is 5. The van der Waals surface area contributed by atoms with E-state index in [0.717, 1.165) is 5.56 Å². The van der Waals surface area contributed by atoms with E-state index in [0.29, 0.717) is 17.1 Å². The predicted molar refractivity (Wildman–Crippen MR) is 86.8 cm³/mol. The lowest BCUT2D eigenvalue weighted by Gasteiger charge is -2.11. The fourth-order valence-electron chi connectivity index (χ4n) is 1.92. The third kappa shape index (κ3) is 4.64. The van der Waals surface area contributed by atoms with Gasteiger partial charge in [0.2, 0.25) is 0 Å². The van der Waals surface area contributed by atoms with Gasteiger partial charge in [0.1, 0.15) is 6.61 Å². The zero-order valence-electron chi connectivity index (χ0n) is 13.4. The maximum absolute atomic E-state index is 12.0. The van der Waals surface area contributed by atoms with Gasteiger partial charge < -0.3 is 14.2 Å². The Morgan fingerprint density at radius 1 is 0.917 bits per heavy atom. The molecule has 0 saturated carbocycles. The first-order valence-corrected chi connectivity index (χ1v) is 7.13. The minimum Gasteiger partial charge on any atom is -0.493 e. The van der Waals surface area contributed by atoms with E-state index < -0.39 is 12.0 Å². The number of carbonyl (C=O) groups excluding carboxylic acids is 2. The second-order valence-electron chi connectivity index (χ2n) is 4.71. The molecule has 24 heavy (non-hydrogen) atoms. The van der Waals surface area contributed by atoms with E-state index in [4.69, 9.17) is 14.2 Å². The van der Waals surface area contributed by atoms with Crippen LogP contribution < -0.4 is 20.3 Å². The van der Waals surface area contributed by atoms with Crippen molar-refractivity contribution in [2.45, 2.75) is 6.61 Å². The Kier molecular flexibility index (Phi) is 6.01. The molecule has 7 heteroatoms. The van der Waals surface area contributed by atoms with Crippen molar-refractivity contribution in [3.05, 3.63) is 59.7 Å². The van der Waals surface area contributed by atoms with E-state index in [1.54, 1.807) is 12.1 Å². The van der Waals surface area contributed by atoms with Crippen molar-refractivity contribution in [2.75, 3.05) is 14.2 Å². The summed E-state index contributed by atoms with van der Waals surface area (Å²) in [5.41, 5.74) is 5.60. The number of amides is 2. The molecule has 0 unspecified atom stereocenters. The highest BCUT2D eigenvalue weighted by atomic mass is 16.6. The molecule has 0 heterocycles. The molecule has 2 N–H and O–H groups in total. The lowest BCUT2D eigenvalue weighted by molar-refractivity contribution is 0.0904. The molecule has 7 nitrogen and oxygen atoms in total. The van der Waals surface area contributed by atoms with Crippen molar-refractivity contribution in [3.63, 3.8) is 0 Å². The first kappa shape index (κ1) is 17.1. The van der Waals surface area contributed by atoms with Gasteiger partial charge in [-0.15, -0.1) is 0 Å². The lowest BCUT2D eigenvalue weighted by Crippen LogP contribution is -2.41. The summed E-state index contributed by atoms with van der Waals surface area (Å²) in [5.74, 6) is 0.411. The van der Waals surface area contributed by atoms with Gasteiger partial charge in [-0.05, 0) is 23.8 Å². The van der Waals surface area contributed by atoms with E-state index >= 15 is 0 Å². The van der Waals surface area contributed by atoms with Gasteiger partial charge in [0, 0.05) is 5.56 Å². The molecule has 0 aromatic heterocycles. The molecule has 0 radical (unpaired) electrons. The fourth-order valence-corrected chi connectivity index (χ4v) is 1.92. The van der Waals surface area contributed by atoms with Gasteiger partial charge in [0.05, 0.1) is 14.2 Å². The number of methoxy groups -OCH3 is 2. The Morgan fingerprint density at radius 3 is 2.29 bits per heavy atom. The molecular weight excluding hydrogens is 312 g/mol. The van der Waals surface area contributed by atoms with Crippen molar-refractivity contribution < 1.29 is 23.8 Å². The van der Waals surface area contributed by atoms with Crippen LogP contribution in [0.15, 0.2) is 48.5 Å². The van der Waals surface area contributed by atoms with Gasteiger partial charge in [-0.2, -0.15) is 0 Å². The zero-order chi connectivity index (χ0) is 17.4. The smallest absolute Gasteiger partial charge is 0.426 e. The molecule has 0 aliphatic heterocycles. The van der Waals surface area contributed by atoms with Crippen LogP contribution in [0.3, 0.4) is 0 Å². The van der Waals surface area contributed by atoms with Crippen molar-refractivity contribution >= 4 is 12.0 Å². The molecule has 0 fully saturated rings. The average Bonchev–Trinajstić information content (AvgIpc) is 2.64. The summed E-state index contributed by atoms with van der Waals surface area (Å²) in [6, 6.07) is 13.9. The Balaban J connectivity index is 1.85. The van der Waals surface area contributed by atoms with E-state index in [1.165, 1.54) is 20.3 Å². The van der Waals surface area contributed by atoms with Gasteiger partial charge in [0.15, 0.2) is 11.5 Å². The highest BCUT2D eigenvalue weighted by Gasteiger charge is 2.12. The molecule has 0 spiro atoms. The lowest BCUT2D eigenvalue weighted by atomic mass is 10.2. The Bertz CT molecular complexity index is 703. The van der Waals surface area contributed by atoms with E-state index in [1.807, 2.05) is 30.3 Å². The van der Waals surface area contributed by atoms with Crippen molar-refractivity contribution in [1.82, 2.24) is 10.9 Å². The number of hydrazine groups is 1. The molecular formula is C17H18N2O5. The average molecular weight is 330 g/mol. The summed E-state index contributed by atoms with van der Waals surface area (Å²) in [7, 11) is 2.97. The third-order valence-electron chi connectivity index (χ3n) is 3.14. The Hall–Kier alpha value is -3.22. The van der Waals surface area contributed by atoms with Crippen LogP contribution in [-0.4, -0.2) is 26.2 Å². The number of hydrogen-bond acceptors (Lipinski definition) is 5. The second-order valence-corrected chi connectivity index (χ2v) is 4.71. The highest BCUT2D eigenvalue weighted by molar-refractivity contribution is 5.95. The van der Waals surface area contributed by atoms with Crippen LogP contribution in [0.4, 0.5) is 4.79 Å². The quantitative estimate of drug-likeness (QED) is 0.822. The van der Waals surface area contributed by atoms with E-state index in [2.05, 4.69) is 10.9 Å². The summed E-state index contributed by atoms with van der Waals surface area (Å²) in [4.78, 5) is 23.6. The van der Waals surface area contributed by atoms with Gasteiger partial charge in [-0.3, -0.25) is 10.2 Å². The molecule has 2 aromatic carbocycles. The molecule has 2 amide bonds. The van der Waals surface area contributed by atoms with Crippen molar-refractivity contribution in [2.24, 2.45) is 0 Å². The van der Waals surface area contributed by atoms with Gasteiger partial charge in [0.25, 0.3) is 5.91 Å². The number of ether oxygens (including phenoxy) is 3. The molecule has 0 bridgehead atoms. The Morgan fingerprint density at radius 2 is 1.62 bits per heavy atom. The number of benzene rings is 2. The van der Waals surface area contributed by atoms with E-state index in [9.17, 15) is 9.59 Å². The normalized spacial score (nSPS) is 9.75. The van der Waals surface area contributed by atoms with Gasteiger partial charge >= 0.3 is 6.09 Å². The highest BCUT2D eigenvalue weighted by Crippen LogP contribution is 2.27. The Labute approximate surface area is 139 Å². The van der Waals surface area contributed by atoms with Crippen LogP contribution in [0.25, 0.3) is 0 Å². The summed E-state index contributed by atoms with van der Waals surface area (Å²) in [5, 5.41) is 0. The van der Waals surface area contributed by atoms with Crippen LogP contribution >= 0.6 is 0 Å². The van der Waals surface area contributed by atoms with Crippen molar-refractivity contribution in [3.8, 4) is 11.5 Å². The summed E-state index contributed by atoms with van der Waals surface area (Å²) in [6.07, 6.45) is -0.757. The maximum atomic E-state index is 12.0. The van der Waals surface area contributed by atoms with Crippen LogP contribution in [0.5, 0.6) is 11.5 Å². The van der Waals surface area contributed by atoms with Crippen LogP contribution in [0.1, 0.15) is 15.9 Å².